The van der Waals surface area contributed by atoms with Crippen molar-refractivity contribution in [3.8, 4) is 11.3 Å². The minimum absolute atomic E-state index is 0.0121. The average molecular weight is 655 g/mol. The number of nitrogens with one attached hydrogen (secondary N) is 2. The highest BCUT2D eigenvalue weighted by Gasteiger charge is 2.32. The van der Waals surface area contributed by atoms with Crippen molar-refractivity contribution in [1.82, 2.24) is 18.9 Å². The number of hydrogen-bond donors (Lipinski definition) is 4. The third kappa shape index (κ3) is 9.60. The largest absolute Gasteiger partial charge is 0.395 e. The Balaban J connectivity index is 2.09. The second-order valence-corrected chi connectivity index (χ2v) is 17.1. The fourth-order valence-electron chi connectivity index (χ4n) is 6.06. The van der Waals surface area contributed by atoms with Gasteiger partial charge in [0.25, 0.3) is 0 Å². The predicted octanol–water partition coefficient (Wildman–Crippen LogP) is 4.33. The number of aliphatic hydroxyl groups is 2. The van der Waals surface area contributed by atoms with Crippen molar-refractivity contribution >= 4 is 20.0 Å². The SMILES string of the molecule is CCCN(CCO)CCNS(=O)(=O)c1cc(-c2ccc(S(=O)(=O)NC(C)(C)C)c(C(C)(C)O)c2)n(CC2CCCCC2)c1C. The van der Waals surface area contributed by atoms with Crippen molar-refractivity contribution < 1.29 is 27.0 Å². The molecular weight excluding hydrogens is 601 g/mol. The molecule has 0 radical (unpaired) electrons. The molecule has 1 aliphatic rings. The first-order valence-electron chi connectivity index (χ1n) is 15.8. The fraction of sp³-hybridized carbons (Fsp3) is 0.688. The molecule has 0 saturated heterocycles. The van der Waals surface area contributed by atoms with E-state index in [0.717, 1.165) is 38.6 Å². The Bertz CT molecular complexity index is 1460. The van der Waals surface area contributed by atoms with Crippen molar-refractivity contribution in [2.75, 3.05) is 32.8 Å². The molecule has 44 heavy (non-hydrogen) atoms. The predicted molar refractivity (Wildman–Crippen MR) is 176 cm³/mol. The standard InChI is InChI=1S/C32H54N4O6S2/c1-8-17-35(19-20-37)18-16-33-43(39,40)30-22-28(36(24(30)2)23-25-12-10-9-11-13-25)26-14-15-29(27(21-26)32(6,7)38)44(41,42)34-31(3,4)5/h14-15,21-22,25,33-34,37-38H,8-13,16-20,23H2,1-7H3. The van der Waals surface area contributed by atoms with Crippen LogP contribution in [0.4, 0.5) is 0 Å². The Labute approximate surface area is 265 Å². The van der Waals surface area contributed by atoms with Crippen LogP contribution >= 0.6 is 0 Å². The van der Waals surface area contributed by atoms with Crippen LogP contribution in [0.5, 0.6) is 0 Å². The van der Waals surface area contributed by atoms with E-state index in [-0.39, 0.29) is 28.5 Å². The highest BCUT2D eigenvalue weighted by Crippen LogP contribution is 2.36. The number of nitrogens with zero attached hydrogens (tertiary/aromatic N) is 2. The van der Waals surface area contributed by atoms with Crippen LogP contribution in [0.1, 0.15) is 91.3 Å². The third-order valence-corrected chi connectivity index (χ3v) is 11.5. The first-order chi connectivity index (χ1) is 20.4. The smallest absolute Gasteiger partial charge is 0.242 e. The molecule has 1 saturated carbocycles. The Hall–Kier alpha value is -1.80. The van der Waals surface area contributed by atoms with E-state index in [0.29, 0.717) is 42.5 Å². The van der Waals surface area contributed by atoms with Crippen LogP contribution in [0, 0.1) is 12.8 Å². The van der Waals surface area contributed by atoms with Gasteiger partial charge in [-0.1, -0.05) is 32.3 Å². The summed E-state index contributed by atoms with van der Waals surface area (Å²) >= 11 is 0. The van der Waals surface area contributed by atoms with Gasteiger partial charge in [0.05, 0.1) is 17.1 Å². The fourth-order valence-corrected chi connectivity index (χ4v) is 9.11. The summed E-state index contributed by atoms with van der Waals surface area (Å²) in [5, 5.41) is 20.5. The van der Waals surface area contributed by atoms with Crippen LogP contribution in [0.2, 0.25) is 0 Å². The maximum absolute atomic E-state index is 13.7. The van der Waals surface area contributed by atoms with Crippen molar-refractivity contribution in [2.45, 2.75) is 114 Å². The third-order valence-electron chi connectivity index (χ3n) is 8.12. The molecule has 1 aromatic heterocycles. The van der Waals surface area contributed by atoms with Gasteiger partial charge in [-0.2, -0.15) is 0 Å². The molecule has 250 valence electrons. The molecule has 1 heterocycles. The number of aromatic nitrogens is 1. The number of rotatable bonds is 15. The number of sulfonamides is 2. The quantitative estimate of drug-likeness (QED) is 0.224. The Morgan fingerprint density at radius 3 is 2.16 bits per heavy atom. The van der Waals surface area contributed by atoms with Gasteiger partial charge < -0.3 is 14.8 Å². The first-order valence-corrected chi connectivity index (χ1v) is 18.8. The van der Waals surface area contributed by atoms with E-state index in [1.54, 1.807) is 52.8 Å². The summed E-state index contributed by atoms with van der Waals surface area (Å²) in [6.45, 7) is 14.8. The van der Waals surface area contributed by atoms with E-state index in [4.69, 9.17) is 0 Å². The van der Waals surface area contributed by atoms with E-state index in [1.807, 2.05) is 23.3 Å². The highest BCUT2D eigenvalue weighted by atomic mass is 32.2. The first kappa shape index (κ1) is 36.7. The van der Waals surface area contributed by atoms with E-state index >= 15 is 0 Å². The lowest BCUT2D eigenvalue weighted by Gasteiger charge is -2.27. The molecule has 1 aromatic carbocycles. The second kappa shape index (κ2) is 14.7. The number of hydrogen-bond acceptors (Lipinski definition) is 7. The van der Waals surface area contributed by atoms with Gasteiger partial charge in [0.15, 0.2) is 0 Å². The van der Waals surface area contributed by atoms with Gasteiger partial charge in [-0.25, -0.2) is 26.3 Å². The van der Waals surface area contributed by atoms with Gasteiger partial charge in [0.2, 0.25) is 20.0 Å². The molecule has 0 spiro atoms. The normalized spacial score (nSPS) is 15.8. The van der Waals surface area contributed by atoms with Gasteiger partial charge >= 0.3 is 0 Å². The van der Waals surface area contributed by atoms with E-state index in [9.17, 15) is 27.0 Å². The van der Waals surface area contributed by atoms with Gasteiger partial charge in [-0.05, 0) is 97.0 Å². The van der Waals surface area contributed by atoms with Gasteiger partial charge in [-0.3, -0.25) is 4.90 Å². The number of aliphatic hydroxyl groups excluding tert-OH is 1. The zero-order valence-electron chi connectivity index (χ0n) is 27.6. The summed E-state index contributed by atoms with van der Waals surface area (Å²) in [6, 6.07) is 6.54. The molecule has 1 fully saturated rings. The Kier molecular flexibility index (Phi) is 12.3. The Morgan fingerprint density at radius 1 is 0.932 bits per heavy atom. The van der Waals surface area contributed by atoms with Crippen molar-refractivity contribution in [1.29, 1.82) is 0 Å². The Morgan fingerprint density at radius 2 is 1.59 bits per heavy atom. The molecule has 10 nitrogen and oxygen atoms in total. The van der Waals surface area contributed by atoms with Crippen LogP contribution in [0.3, 0.4) is 0 Å². The van der Waals surface area contributed by atoms with Gasteiger partial charge in [-0.15, -0.1) is 0 Å². The highest BCUT2D eigenvalue weighted by molar-refractivity contribution is 7.89. The molecule has 0 atom stereocenters. The summed E-state index contributed by atoms with van der Waals surface area (Å²) < 4.78 is 61.6. The lowest BCUT2D eigenvalue weighted by atomic mass is 9.89. The molecule has 1 aliphatic carbocycles. The molecule has 0 amide bonds. The summed E-state index contributed by atoms with van der Waals surface area (Å²) in [5.41, 5.74) is -0.0495. The second-order valence-electron chi connectivity index (χ2n) is 13.7. The van der Waals surface area contributed by atoms with Crippen LogP contribution in [-0.4, -0.2) is 74.8 Å². The number of benzene rings is 1. The molecule has 4 N–H and O–H groups in total. The summed E-state index contributed by atoms with van der Waals surface area (Å²) in [7, 11) is -7.83. The zero-order chi connectivity index (χ0) is 32.9. The van der Waals surface area contributed by atoms with Crippen LogP contribution in [0.15, 0.2) is 34.1 Å². The maximum Gasteiger partial charge on any atom is 0.242 e. The maximum atomic E-state index is 13.7. The molecule has 3 rings (SSSR count). The molecule has 0 aliphatic heterocycles. The summed E-state index contributed by atoms with van der Waals surface area (Å²) in [4.78, 5) is 2.19. The minimum Gasteiger partial charge on any atom is -0.395 e. The van der Waals surface area contributed by atoms with Crippen LogP contribution in [0.25, 0.3) is 11.3 Å². The summed E-state index contributed by atoms with van der Waals surface area (Å²) in [6.07, 6.45) is 6.53. The van der Waals surface area contributed by atoms with Gasteiger partial charge in [0, 0.05) is 48.7 Å². The average Bonchev–Trinajstić information content (AvgIpc) is 3.24. The molecule has 0 unspecified atom stereocenters. The van der Waals surface area contributed by atoms with Crippen molar-refractivity contribution in [3.63, 3.8) is 0 Å². The van der Waals surface area contributed by atoms with E-state index in [1.165, 1.54) is 12.5 Å². The molecule has 2 aromatic rings. The van der Waals surface area contributed by atoms with Crippen LogP contribution in [-0.2, 0) is 32.2 Å². The molecule has 0 bridgehead atoms. The lowest BCUT2D eigenvalue weighted by molar-refractivity contribution is 0.0755. The van der Waals surface area contributed by atoms with Crippen molar-refractivity contribution in [3.05, 3.63) is 35.5 Å². The van der Waals surface area contributed by atoms with Gasteiger partial charge in [0.1, 0.15) is 4.90 Å². The lowest BCUT2D eigenvalue weighted by Crippen LogP contribution is -2.41. The van der Waals surface area contributed by atoms with E-state index in [2.05, 4.69) is 9.44 Å². The van der Waals surface area contributed by atoms with Crippen molar-refractivity contribution in [2.24, 2.45) is 5.92 Å². The topological polar surface area (TPSA) is 141 Å². The monoisotopic (exact) mass is 654 g/mol. The van der Waals surface area contributed by atoms with E-state index < -0.39 is 31.2 Å². The summed E-state index contributed by atoms with van der Waals surface area (Å²) in [5.74, 6) is 0.405. The van der Waals surface area contributed by atoms with Crippen LogP contribution < -0.4 is 9.44 Å². The zero-order valence-corrected chi connectivity index (χ0v) is 29.2. The minimum atomic E-state index is -3.96. The molecular formula is C32H54N4O6S2. The molecule has 12 heteroatoms.